The van der Waals surface area contributed by atoms with Gasteiger partial charge in [0.25, 0.3) is 0 Å². The molecule has 0 saturated carbocycles. The van der Waals surface area contributed by atoms with Crippen molar-refractivity contribution in [3.05, 3.63) is 35.8 Å². The minimum absolute atomic E-state index is 0.134. The number of urea groups is 1. The Morgan fingerprint density at radius 1 is 1.42 bits per heavy atom. The van der Waals surface area contributed by atoms with E-state index in [-0.39, 0.29) is 17.6 Å². The second-order valence-electron chi connectivity index (χ2n) is 7.23. The number of pyridine rings is 1. The Hall–Kier alpha value is -2.08. The Labute approximate surface area is 143 Å². The molecule has 0 bridgehead atoms. The van der Waals surface area contributed by atoms with E-state index in [2.05, 4.69) is 15.6 Å². The molecule has 0 radical (unpaired) electrons. The van der Waals surface area contributed by atoms with Gasteiger partial charge in [-0.3, -0.25) is 0 Å². The Bertz CT molecular complexity index is 691. The van der Waals surface area contributed by atoms with E-state index >= 15 is 0 Å². The summed E-state index contributed by atoms with van der Waals surface area (Å²) in [7, 11) is 0. The third-order valence-corrected chi connectivity index (χ3v) is 3.97. The molecule has 2 heterocycles. The molecule has 1 atom stereocenters. The molecule has 0 saturated heterocycles. The predicted octanol–water partition coefficient (Wildman–Crippen LogP) is 2.28. The minimum Gasteiger partial charge on any atom is -0.393 e. The highest BCUT2D eigenvalue weighted by molar-refractivity contribution is 5.73. The first kappa shape index (κ1) is 18.3. The maximum atomic E-state index is 11.9. The largest absolute Gasteiger partial charge is 0.393 e. The van der Waals surface area contributed by atoms with E-state index in [4.69, 9.17) is 0 Å². The molecule has 2 amide bonds. The van der Waals surface area contributed by atoms with Crippen molar-refractivity contribution in [3.63, 3.8) is 0 Å². The SMILES string of the molecule is Cc1cccn2cc(CCNC(=O)NCC(C)(C)CC(C)O)nc12. The van der Waals surface area contributed by atoms with Gasteiger partial charge in [0.05, 0.1) is 11.8 Å². The van der Waals surface area contributed by atoms with Crippen LogP contribution >= 0.6 is 0 Å². The van der Waals surface area contributed by atoms with E-state index in [0.717, 1.165) is 16.9 Å². The van der Waals surface area contributed by atoms with Crippen LogP contribution in [0, 0.1) is 12.3 Å². The zero-order valence-electron chi connectivity index (χ0n) is 15.0. The van der Waals surface area contributed by atoms with E-state index in [9.17, 15) is 9.90 Å². The second-order valence-corrected chi connectivity index (χ2v) is 7.23. The number of hydrogen-bond donors (Lipinski definition) is 3. The molecule has 6 nitrogen and oxygen atoms in total. The number of carbonyl (C=O) groups is 1. The highest BCUT2D eigenvalue weighted by Gasteiger charge is 2.20. The van der Waals surface area contributed by atoms with Crippen molar-refractivity contribution < 1.29 is 9.90 Å². The fourth-order valence-electron chi connectivity index (χ4n) is 2.88. The molecule has 0 aliphatic rings. The summed E-state index contributed by atoms with van der Waals surface area (Å²) in [5.74, 6) is 0. The van der Waals surface area contributed by atoms with Crippen LogP contribution in [0.5, 0.6) is 0 Å². The zero-order valence-corrected chi connectivity index (χ0v) is 15.0. The number of imidazole rings is 1. The summed E-state index contributed by atoms with van der Waals surface area (Å²) >= 11 is 0. The smallest absolute Gasteiger partial charge is 0.314 e. The van der Waals surface area contributed by atoms with E-state index in [1.807, 2.05) is 49.7 Å². The number of aliphatic hydroxyl groups is 1. The van der Waals surface area contributed by atoms with Gasteiger partial charge in [0.2, 0.25) is 0 Å². The number of aryl methyl sites for hydroxylation is 1. The number of amides is 2. The van der Waals surface area contributed by atoms with Gasteiger partial charge in [-0.2, -0.15) is 0 Å². The van der Waals surface area contributed by atoms with Crippen molar-refractivity contribution in [2.45, 2.75) is 46.6 Å². The fraction of sp³-hybridized carbons (Fsp3) is 0.556. The molecular formula is C18H28N4O2. The molecule has 3 N–H and O–H groups in total. The number of rotatable bonds is 7. The first-order valence-corrected chi connectivity index (χ1v) is 8.40. The van der Waals surface area contributed by atoms with Gasteiger partial charge in [-0.25, -0.2) is 9.78 Å². The van der Waals surface area contributed by atoms with E-state index < -0.39 is 0 Å². The maximum Gasteiger partial charge on any atom is 0.314 e. The van der Waals surface area contributed by atoms with Gasteiger partial charge in [-0.05, 0) is 37.3 Å². The van der Waals surface area contributed by atoms with Crippen molar-refractivity contribution >= 4 is 11.7 Å². The van der Waals surface area contributed by atoms with Gasteiger partial charge in [-0.15, -0.1) is 0 Å². The fourth-order valence-corrected chi connectivity index (χ4v) is 2.88. The minimum atomic E-state index is -0.372. The van der Waals surface area contributed by atoms with Crippen LogP contribution in [-0.4, -0.2) is 39.7 Å². The summed E-state index contributed by atoms with van der Waals surface area (Å²) in [4.78, 5) is 16.5. The molecule has 2 rings (SSSR count). The monoisotopic (exact) mass is 332 g/mol. The first-order chi connectivity index (χ1) is 11.3. The molecule has 0 aliphatic carbocycles. The van der Waals surface area contributed by atoms with Crippen LogP contribution in [0.3, 0.4) is 0 Å². The molecule has 132 valence electrons. The van der Waals surface area contributed by atoms with E-state index in [0.29, 0.717) is 25.9 Å². The lowest BCUT2D eigenvalue weighted by Crippen LogP contribution is -2.42. The first-order valence-electron chi connectivity index (χ1n) is 8.40. The Kier molecular flexibility index (Phi) is 5.83. The van der Waals surface area contributed by atoms with E-state index in [1.54, 1.807) is 6.92 Å². The molecular weight excluding hydrogens is 304 g/mol. The highest BCUT2D eigenvalue weighted by Crippen LogP contribution is 2.20. The molecule has 0 aliphatic heterocycles. The molecule has 6 heteroatoms. The number of hydrogen-bond acceptors (Lipinski definition) is 3. The van der Waals surface area contributed by atoms with Crippen LogP contribution < -0.4 is 10.6 Å². The predicted molar refractivity (Wildman–Crippen MR) is 95.1 cm³/mol. The lowest BCUT2D eigenvalue weighted by Gasteiger charge is -2.26. The van der Waals surface area contributed by atoms with Crippen LogP contribution in [0.2, 0.25) is 0 Å². The normalized spacial score (nSPS) is 13.0. The molecule has 2 aromatic rings. The molecule has 1 unspecified atom stereocenters. The molecule has 0 fully saturated rings. The summed E-state index contributed by atoms with van der Waals surface area (Å²) in [6, 6.07) is 3.84. The van der Waals surface area contributed by atoms with Gasteiger partial charge < -0.3 is 20.1 Å². The van der Waals surface area contributed by atoms with Crippen molar-refractivity contribution in [1.29, 1.82) is 0 Å². The summed E-state index contributed by atoms with van der Waals surface area (Å²) in [6.07, 6.45) is 4.93. The quantitative estimate of drug-likeness (QED) is 0.728. The second kappa shape index (κ2) is 7.66. The average Bonchev–Trinajstić information content (AvgIpc) is 2.88. The maximum absolute atomic E-state index is 11.9. The molecule has 24 heavy (non-hydrogen) atoms. The summed E-state index contributed by atoms with van der Waals surface area (Å²) in [5.41, 5.74) is 2.91. The van der Waals surface area contributed by atoms with Crippen LogP contribution in [0.25, 0.3) is 5.65 Å². The van der Waals surface area contributed by atoms with Crippen LogP contribution in [0.4, 0.5) is 4.79 Å². The standard InChI is InChI=1S/C18H28N4O2/c1-13-6-5-9-22-11-15(21-16(13)22)7-8-19-17(24)20-12-18(3,4)10-14(2)23/h5-6,9,11,14,23H,7-8,10,12H2,1-4H3,(H2,19,20,24). The molecule has 0 spiro atoms. The van der Waals surface area contributed by atoms with Crippen LogP contribution in [-0.2, 0) is 6.42 Å². The van der Waals surface area contributed by atoms with Gasteiger partial charge in [0.15, 0.2) is 0 Å². The number of aromatic nitrogens is 2. The number of nitrogens with zero attached hydrogens (tertiary/aromatic N) is 2. The average molecular weight is 332 g/mol. The summed E-state index contributed by atoms with van der Waals surface area (Å²) in [6.45, 7) is 8.91. The summed E-state index contributed by atoms with van der Waals surface area (Å²) < 4.78 is 2.00. The number of carbonyl (C=O) groups excluding carboxylic acids is 1. The third kappa shape index (κ3) is 5.23. The highest BCUT2D eigenvalue weighted by atomic mass is 16.3. The van der Waals surface area contributed by atoms with Crippen molar-refractivity contribution in [2.24, 2.45) is 5.41 Å². The van der Waals surface area contributed by atoms with Crippen LogP contribution in [0.1, 0.15) is 38.4 Å². The van der Waals surface area contributed by atoms with Crippen molar-refractivity contribution in [2.75, 3.05) is 13.1 Å². The third-order valence-electron chi connectivity index (χ3n) is 3.97. The van der Waals surface area contributed by atoms with Crippen LogP contribution in [0.15, 0.2) is 24.5 Å². The van der Waals surface area contributed by atoms with E-state index in [1.165, 1.54) is 0 Å². The number of nitrogens with one attached hydrogen (secondary N) is 2. The summed E-state index contributed by atoms with van der Waals surface area (Å²) in [5, 5.41) is 15.2. The van der Waals surface area contributed by atoms with Gasteiger partial charge in [0.1, 0.15) is 5.65 Å². The van der Waals surface area contributed by atoms with Crippen molar-refractivity contribution in [3.8, 4) is 0 Å². The molecule has 0 aromatic carbocycles. The Morgan fingerprint density at radius 3 is 2.83 bits per heavy atom. The van der Waals surface area contributed by atoms with Gasteiger partial charge in [-0.1, -0.05) is 19.9 Å². The lowest BCUT2D eigenvalue weighted by atomic mass is 9.87. The Morgan fingerprint density at radius 2 is 2.17 bits per heavy atom. The van der Waals surface area contributed by atoms with Gasteiger partial charge >= 0.3 is 6.03 Å². The van der Waals surface area contributed by atoms with Gasteiger partial charge in [0, 0.05) is 31.9 Å². The number of fused-ring (bicyclic) bond motifs is 1. The zero-order chi connectivity index (χ0) is 17.7. The number of aliphatic hydroxyl groups excluding tert-OH is 1. The van der Waals surface area contributed by atoms with Crippen molar-refractivity contribution in [1.82, 2.24) is 20.0 Å². The topological polar surface area (TPSA) is 78.7 Å². The lowest BCUT2D eigenvalue weighted by molar-refractivity contribution is 0.129. The Balaban J connectivity index is 1.77. The molecule has 2 aromatic heterocycles.